The molecule has 8 heterocycles. The molecule has 0 radical (unpaired) electrons. The fourth-order valence-corrected chi connectivity index (χ4v) is 9.57. The summed E-state index contributed by atoms with van der Waals surface area (Å²) in [6, 6.07) is 15.4. The number of aliphatic carboxylic acids is 1. The van der Waals surface area contributed by atoms with Crippen LogP contribution in [-0.4, -0.2) is 146 Å². The Kier molecular flexibility index (Phi) is 24.6. The molecule has 2 aliphatic heterocycles. The number of ketones is 2. The van der Waals surface area contributed by atoms with E-state index in [1.807, 2.05) is 0 Å². The van der Waals surface area contributed by atoms with Crippen molar-refractivity contribution >= 4 is 161 Å². The van der Waals surface area contributed by atoms with E-state index in [4.69, 9.17) is 26.0 Å². The number of methoxy groups -OCH3 is 2. The minimum Gasteiger partial charge on any atom is -0.497 e. The molecule has 25 nitrogen and oxygen atoms in total. The lowest BCUT2D eigenvalue weighted by atomic mass is 10.0. The van der Waals surface area contributed by atoms with Crippen molar-refractivity contribution in [3.63, 3.8) is 0 Å². The number of nitrogens with one attached hydrogen (secondary N) is 3. The molecule has 0 bridgehead atoms. The van der Waals surface area contributed by atoms with Crippen LogP contribution in [-0.2, 0) is 54.6 Å². The van der Waals surface area contributed by atoms with Gasteiger partial charge in [0.25, 0.3) is 0 Å². The van der Waals surface area contributed by atoms with Gasteiger partial charge in [0.05, 0.1) is 37.8 Å². The number of benzene rings is 2. The van der Waals surface area contributed by atoms with Gasteiger partial charge in [-0.25, -0.2) is 38.7 Å². The van der Waals surface area contributed by atoms with Crippen molar-refractivity contribution in [2.45, 2.75) is 64.2 Å². The Morgan fingerprint density at radius 1 is 0.682 bits per heavy atom. The van der Waals surface area contributed by atoms with Crippen LogP contribution in [0.25, 0.3) is 44.1 Å². The monoisotopic (exact) mass is 1370 g/mol. The summed E-state index contributed by atoms with van der Waals surface area (Å²) >= 11 is 13.8. The van der Waals surface area contributed by atoms with E-state index in [1.165, 1.54) is 48.4 Å². The van der Waals surface area contributed by atoms with Crippen LogP contribution in [0.3, 0.4) is 0 Å². The molecule has 0 aliphatic carbocycles. The number of carboxylic acid groups (broad SMARTS) is 1. The number of amides is 3. The molecule has 0 saturated carbocycles. The quantitative estimate of drug-likeness (QED) is 0.0506. The van der Waals surface area contributed by atoms with Crippen LogP contribution >= 0.6 is 57.8 Å². The van der Waals surface area contributed by atoms with E-state index in [0.29, 0.717) is 53.9 Å². The first-order valence-corrected chi connectivity index (χ1v) is 27.5. The lowest BCUT2D eigenvalue weighted by Gasteiger charge is -2.23. The van der Waals surface area contributed by atoms with Gasteiger partial charge < -0.3 is 46.9 Å². The molecule has 448 valence electrons. The number of nitrogens with zero attached hydrogens (tertiary/aromatic N) is 11. The van der Waals surface area contributed by atoms with Crippen LogP contribution in [0.15, 0.2) is 94.7 Å². The number of hydrogen-bond donors (Lipinski definition) is 6. The van der Waals surface area contributed by atoms with Gasteiger partial charge in [0.1, 0.15) is 75.2 Å². The van der Waals surface area contributed by atoms with Crippen LogP contribution in [0.1, 0.15) is 47.7 Å². The molecule has 2 fully saturated rings. The number of anilines is 4. The summed E-state index contributed by atoms with van der Waals surface area (Å²) in [5.41, 5.74) is 15.5. The number of carboxylic acids is 1. The number of Topliss-reactive ketones (excluding diaryl/α,β-unsaturated/α-hetero) is 2. The molecule has 85 heavy (non-hydrogen) atoms. The maximum absolute atomic E-state index is 14.5. The summed E-state index contributed by atoms with van der Waals surface area (Å²) < 4.78 is 41.4. The van der Waals surface area contributed by atoms with Gasteiger partial charge in [-0.15, -0.1) is 12.4 Å². The maximum atomic E-state index is 14.5. The summed E-state index contributed by atoms with van der Waals surface area (Å²) in [6.45, 7) is 2.14. The Balaban J connectivity index is 0.000000249. The average molecular weight is 1380 g/mol. The number of alkyl halides is 2. The molecule has 8 N–H and O–H groups in total. The van der Waals surface area contributed by atoms with Crippen molar-refractivity contribution in [3.8, 4) is 33.8 Å². The van der Waals surface area contributed by atoms with Crippen LogP contribution in [0.2, 0.25) is 0 Å². The fraction of sp³-hybridized carbons (Fsp3) is 0.269. The zero-order chi connectivity index (χ0) is 60.2. The van der Waals surface area contributed by atoms with Gasteiger partial charge in [0, 0.05) is 127 Å². The third kappa shape index (κ3) is 17.4. The van der Waals surface area contributed by atoms with Gasteiger partial charge in [0.2, 0.25) is 29.6 Å². The van der Waals surface area contributed by atoms with Gasteiger partial charge in [-0.1, -0.05) is 12.1 Å². The Morgan fingerprint density at radius 3 is 1.54 bits per heavy atom. The largest absolute Gasteiger partial charge is 0.497 e. The molecule has 6 aromatic heterocycles. The Bertz CT molecular complexity index is 3750. The second kappa shape index (κ2) is 30.8. The molecule has 8 aromatic rings. The van der Waals surface area contributed by atoms with E-state index in [9.17, 15) is 37.5 Å². The number of nitrogens with two attached hydrogens (primary N) is 2. The third-order valence-electron chi connectivity index (χ3n) is 12.5. The molecular formula is C52H53Br2ClF2N16O9S3. The van der Waals surface area contributed by atoms with Crippen LogP contribution < -0.4 is 36.9 Å². The van der Waals surface area contributed by atoms with E-state index >= 15 is 0 Å². The van der Waals surface area contributed by atoms with E-state index < -0.39 is 42.2 Å². The van der Waals surface area contributed by atoms with Gasteiger partial charge in [-0.2, -0.15) is 23.7 Å². The topological polar surface area (TPSA) is 345 Å². The minimum absolute atomic E-state index is 0. The number of fused-ring (bicyclic) bond motifs is 2. The fourth-order valence-electron chi connectivity index (χ4n) is 8.73. The minimum atomic E-state index is -1.38. The van der Waals surface area contributed by atoms with E-state index in [1.54, 1.807) is 79.4 Å². The molecule has 4 atom stereocenters. The van der Waals surface area contributed by atoms with Crippen molar-refractivity contribution < 1.29 is 52.1 Å². The lowest BCUT2D eigenvalue weighted by Crippen LogP contribution is -2.44. The molecule has 0 unspecified atom stereocenters. The number of nitrogen functional groups attached to an aromatic ring is 2. The first kappa shape index (κ1) is 67.9. The summed E-state index contributed by atoms with van der Waals surface area (Å²) in [5, 5.41) is 26.7. The highest BCUT2D eigenvalue weighted by Gasteiger charge is 2.40. The van der Waals surface area contributed by atoms with Gasteiger partial charge >= 0.3 is 5.97 Å². The van der Waals surface area contributed by atoms with Crippen LogP contribution in [0, 0.1) is 0 Å². The van der Waals surface area contributed by atoms with Crippen LogP contribution in [0.5, 0.6) is 11.5 Å². The van der Waals surface area contributed by atoms with Gasteiger partial charge in [0.15, 0.2) is 11.6 Å². The van der Waals surface area contributed by atoms with Gasteiger partial charge in [-0.05, 0) is 67.3 Å². The van der Waals surface area contributed by atoms with E-state index in [0.717, 1.165) is 16.7 Å². The zero-order valence-electron chi connectivity index (χ0n) is 45.2. The Labute approximate surface area is 522 Å². The molecule has 2 saturated heterocycles. The molecule has 2 aliphatic rings. The molecule has 33 heteroatoms. The molecular weight excluding hydrogens is 1320 g/mol. The predicted octanol–water partition coefficient (Wildman–Crippen LogP) is 6.41. The van der Waals surface area contributed by atoms with Crippen molar-refractivity contribution in [3.05, 3.63) is 106 Å². The van der Waals surface area contributed by atoms with Gasteiger partial charge in [-0.3, -0.25) is 38.1 Å². The number of halogens is 5. The smallest absolute Gasteiger partial charge is 0.325 e. The first-order valence-electron chi connectivity index (χ1n) is 24.6. The second-order valence-electron chi connectivity index (χ2n) is 18.2. The van der Waals surface area contributed by atoms with E-state index in [-0.39, 0.29) is 111 Å². The van der Waals surface area contributed by atoms with Crippen LogP contribution in [0.4, 0.5) is 32.3 Å². The zero-order valence-corrected chi connectivity index (χ0v) is 51.8. The summed E-state index contributed by atoms with van der Waals surface area (Å²) in [7, 11) is 3.00. The number of ether oxygens (including phenoxy) is 2. The van der Waals surface area contributed by atoms with Crippen molar-refractivity contribution in [2.24, 2.45) is 0 Å². The second-order valence-corrected chi connectivity index (χ2v) is 19.9. The number of likely N-dealkylation sites (tertiary alicyclic amines) is 1. The highest BCUT2D eigenvalue weighted by atomic mass is 79.9. The molecule has 2 aromatic carbocycles. The number of pyridine rings is 2. The Morgan fingerprint density at radius 2 is 1.13 bits per heavy atom. The SMILES string of the molecule is CC(=O)c1nn(CC(=O)O)c2ccc(-c3cnc(N)nc3)cc12.COc1cc(Br)nc(NC(=O)[C@@H]2C[C@@H](F)CN2)c1.COc1cc(Br)nc(NC(=O)[C@@H]2C[C@@H](F)CN2C(=O)Cn2nc(C(C)=O)c3cc(-c4cnc(N)nc4)ccc32)c1.Cl.S.S=S. The standard InChI is InChI=1S/C26H24BrFN8O4.C15H13N5O3.C11H13BrFN3O2.ClH.S2.H2S/c1-13(37)24-18-5-14(15-9-30-26(29)31-10-15)3-4-19(18)36(34-24)12-23(38)35-11-16(28)6-20(35)25(39)33-22-8-17(40-2)7-21(27)32-22;1-8(21)14-11-4-9(10-5-17-15(16)18-6-10)2-3-12(11)20(19-14)7-13(22)23;1-18-7-3-9(12)15-10(4-7)16-11(17)8-2-6(13)5-14-8;;1-2;/h3-5,7-10,16,20H,6,11-12H2,1-2H3,(H2,29,30,31)(H,32,33,39);2-6H,7H2,1H3,(H,22,23)(H2,16,17,18);3-4,6,8,14H,2,5H2,1H3,(H,15,16,17);1H;;1H2/t16-,20+;;6-,8+;;;/m1.1.../s1. The summed E-state index contributed by atoms with van der Waals surface area (Å²) in [6.07, 6.45) is 3.98. The molecule has 3 amide bonds. The van der Waals surface area contributed by atoms with Crippen molar-refractivity contribution in [1.29, 1.82) is 0 Å². The number of carbonyl (C=O) groups excluding carboxylic acids is 5. The lowest BCUT2D eigenvalue weighted by molar-refractivity contribution is -0.138. The van der Waals surface area contributed by atoms with Crippen molar-refractivity contribution in [2.75, 3.05) is 49.4 Å². The summed E-state index contributed by atoms with van der Waals surface area (Å²) in [5.74, 6) is -1.02. The average Bonchev–Trinajstić information content (AvgIpc) is 3.14. The molecule has 10 rings (SSSR count). The van der Waals surface area contributed by atoms with Crippen molar-refractivity contribution in [1.82, 2.24) is 59.7 Å². The predicted molar refractivity (Wildman–Crippen MR) is 331 cm³/mol. The van der Waals surface area contributed by atoms with E-state index in [2.05, 4.69) is 110 Å². The number of hydrogen-bond acceptors (Lipinski definition) is 21. The number of aromatic nitrogens is 10. The number of carbonyl (C=O) groups is 6. The molecule has 0 spiro atoms. The summed E-state index contributed by atoms with van der Waals surface area (Å²) in [4.78, 5) is 98.8. The Hall–Kier alpha value is -7.88. The number of rotatable bonds is 14. The third-order valence-corrected chi connectivity index (χ3v) is 13.3. The first-order chi connectivity index (χ1) is 39.7. The normalized spacial score (nSPS) is 15.7. The highest BCUT2D eigenvalue weighted by Crippen LogP contribution is 2.30. The highest BCUT2D eigenvalue weighted by molar-refractivity contribution is 9.10. The maximum Gasteiger partial charge on any atom is 0.325 e.